The highest BCUT2D eigenvalue weighted by Crippen LogP contribution is 2.50. The molecule has 0 atom stereocenters. The highest BCUT2D eigenvalue weighted by molar-refractivity contribution is 7.89. The fourth-order valence-electron chi connectivity index (χ4n) is 1.81. The van der Waals surface area contributed by atoms with Gasteiger partial charge in [-0.25, -0.2) is 8.42 Å². The maximum Gasteiger partial charge on any atom is 0.407 e. The third-order valence-corrected chi connectivity index (χ3v) is 5.59. The van der Waals surface area contributed by atoms with Crippen molar-refractivity contribution in [2.75, 3.05) is 0 Å². The van der Waals surface area contributed by atoms with Gasteiger partial charge in [-0.05, 0) is 30.5 Å². The molecular formula is C11H11Cl2F3N2O2S. The molecule has 0 spiro atoms. The zero-order valence-corrected chi connectivity index (χ0v) is 12.8. The summed E-state index contributed by atoms with van der Waals surface area (Å²) in [6.07, 6.45) is -5.26. The van der Waals surface area contributed by atoms with Crippen molar-refractivity contribution in [2.45, 2.75) is 36.0 Å². The SMILES string of the molecule is NCc1cc(S(=O)(=O)NC2(C(F)(F)F)CC2)c(Cl)cc1Cl. The van der Waals surface area contributed by atoms with Gasteiger partial charge in [0.05, 0.1) is 5.02 Å². The van der Waals surface area contributed by atoms with Crippen molar-refractivity contribution >= 4 is 33.2 Å². The fraction of sp³-hybridized carbons (Fsp3) is 0.455. The topological polar surface area (TPSA) is 72.2 Å². The second-order valence-corrected chi connectivity index (χ2v) is 7.23. The molecule has 0 heterocycles. The lowest BCUT2D eigenvalue weighted by Crippen LogP contribution is -2.47. The van der Waals surface area contributed by atoms with Gasteiger partial charge in [-0.3, -0.25) is 0 Å². The summed E-state index contributed by atoms with van der Waals surface area (Å²) in [6, 6.07) is 2.23. The standard InChI is InChI=1S/C11H11Cl2F3N2O2S/c12-7-4-8(13)9(3-6(7)5-17)21(19,20)18-10(1-2-10)11(14,15)16/h3-4,18H,1-2,5,17H2. The highest BCUT2D eigenvalue weighted by atomic mass is 35.5. The van der Waals surface area contributed by atoms with Crippen LogP contribution < -0.4 is 10.5 Å². The van der Waals surface area contributed by atoms with Crippen molar-refractivity contribution in [1.29, 1.82) is 0 Å². The van der Waals surface area contributed by atoms with Crippen molar-refractivity contribution in [1.82, 2.24) is 4.72 Å². The van der Waals surface area contributed by atoms with E-state index in [9.17, 15) is 21.6 Å². The summed E-state index contributed by atoms with van der Waals surface area (Å²) in [5.41, 5.74) is 3.27. The summed E-state index contributed by atoms with van der Waals surface area (Å²) in [6.45, 7) is -0.0665. The maximum atomic E-state index is 12.9. The van der Waals surface area contributed by atoms with Crippen molar-refractivity contribution in [3.05, 3.63) is 27.7 Å². The molecule has 1 aromatic carbocycles. The van der Waals surface area contributed by atoms with E-state index in [1.165, 1.54) is 0 Å². The lowest BCUT2D eigenvalue weighted by atomic mass is 10.2. The minimum atomic E-state index is -4.66. The Labute approximate surface area is 129 Å². The van der Waals surface area contributed by atoms with E-state index in [1.54, 1.807) is 4.72 Å². The first-order valence-electron chi connectivity index (χ1n) is 5.81. The zero-order chi connectivity index (χ0) is 16.1. The van der Waals surface area contributed by atoms with E-state index in [4.69, 9.17) is 28.9 Å². The van der Waals surface area contributed by atoms with Crippen LogP contribution in [0.5, 0.6) is 0 Å². The first-order chi connectivity index (χ1) is 9.52. The third-order valence-electron chi connectivity index (χ3n) is 3.23. The molecule has 0 aromatic heterocycles. The largest absolute Gasteiger partial charge is 0.407 e. The average Bonchev–Trinajstić information content (AvgIpc) is 3.08. The number of hydrogen-bond acceptors (Lipinski definition) is 3. The van der Waals surface area contributed by atoms with Gasteiger partial charge >= 0.3 is 6.18 Å². The van der Waals surface area contributed by atoms with Gasteiger partial charge < -0.3 is 5.73 Å². The molecule has 0 amide bonds. The van der Waals surface area contributed by atoms with Crippen LogP contribution in [0.3, 0.4) is 0 Å². The quantitative estimate of drug-likeness (QED) is 0.864. The second-order valence-electron chi connectivity index (χ2n) is 4.76. The molecule has 118 valence electrons. The van der Waals surface area contributed by atoms with Gasteiger partial charge in [-0.2, -0.15) is 17.9 Å². The molecule has 0 radical (unpaired) electrons. The highest BCUT2D eigenvalue weighted by Gasteiger charge is 2.65. The van der Waals surface area contributed by atoms with E-state index in [1.807, 2.05) is 0 Å². The second kappa shape index (κ2) is 5.27. The van der Waals surface area contributed by atoms with Gasteiger partial charge in [0.15, 0.2) is 0 Å². The van der Waals surface area contributed by atoms with Crippen LogP contribution in [-0.2, 0) is 16.6 Å². The van der Waals surface area contributed by atoms with E-state index in [-0.39, 0.29) is 35.0 Å². The van der Waals surface area contributed by atoms with Gasteiger partial charge in [-0.15, -0.1) is 0 Å². The van der Waals surface area contributed by atoms with Crippen molar-refractivity contribution in [3.8, 4) is 0 Å². The third kappa shape index (κ3) is 3.14. The summed E-state index contributed by atoms with van der Waals surface area (Å²) < 4.78 is 64.6. The van der Waals surface area contributed by atoms with Gasteiger partial charge in [0.1, 0.15) is 10.4 Å². The molecule has 1 saturated carbocycles. The Bertz CT molecular complexity index is 673. The number of alkyl halides is 3. The molecule has 0 saturated heterocycles. The molecule has 21 heavy (non-hydrogen) atoms. The predicted molar refractivity (Wildman–Crippen MR) is 72.7 cm³/mol. The Morgan fingerprint density at radius 2 is 1.81 bits per heavy atom. The normalized spacial score (nSPS) is 17.8. The Kier molecular flexibility index (Phi) is 4.23. The van der Waals surface area contributed by atoms with Gasteiger partial charge in [-0.1, -0.05) is 23.2 Å². The molecule has 3 N–H and O–H groups in total. The first-order valence-corrected chi connectivity index (χ1v) is 8.05. The number of sulfonamides is 1. The van der Waals surface area contributed by atoms with E-state index in [0.29, 0.717) is 0 Å². The van der Waals surface area contributed by atoms with Gasteiger partial charge in [0.2, 0.25) is 10.0 Å². The first kappa shape index (κ1) is 16.8. The summed E-state index contributed by atoms with van der Waals surface area (Å²) in [7, 11) is -4.43. The number of nitrogens with one attached hydrogen (secondary N) is 1. The molecule has 1 aromatic rings. The van der Waals surface area contributed by atoms with Crippen molar-refractivity contribution in [2.24, 2.45) is 5.73 Å². The van der Waals surface area contributed by atoms with Crippen LogP contribution in [0, 0.1) is 0 Å². The fourth-order valence-corrected chi connectivity index (χ4v) is 4.14. The molecular weight excluding hydrogens is 352 g/mol. The molecule has 1 aliphatic carbocycles. The van der Waals surface area contributed by atoms with Crippen LogP contribution in [0.1, 0.15) is 18.4 Å². The van der Waals surface area contributed by atoms with Gasteiger partial charge in [0, 0.05) is 11.6 Å². The van der Waals surface area contributed by atoms with Crippen molar-refractivity contribution in [3.63, 3.8) is 0 Å². The van der Waals surface area contributed by atoms with E-state index >= 15 is 0 Å². The number of halogens is 5. The number of benzene rings is 1. The minimum absolute atomic E-state index is 0.0665. The molecule has 0 aliphatic heterocycles. The van der Waals surface area contributed by atoms with Crippen LogP contribution >= 0.6 is 23.2 Å². The Hall–Kier alpha value is -0.540. The Balaban J connectivity index is 2.42. The molecule has 10 heteroatoms. The van der Waals surface area contributed by atoms with Gasteiger partial charge in [0.25, 0.3) is 0 Å². The van der Waals surface area contributed by atoms with E-state index < -0.39 is 26.6 Å². The average molecular weight is 363 g/mol. The molecule has 0 unspecified atom stereocenters. The van der Waals surface area contributed by atoms with Crippen LogP contribution in [0.15, 0.2) is 17.0 Å². The van der Waals surface area contributed by atoms with Crippen molar-refractivity contribution < 1.29 is 21.6 Å². The van der Waals surface area contributed by atoms with Crippen LogP contribution in [0.2, 0.25) is 10.0 Å². The monoisotopic (exact) mass is 362 g/mol. The van der Waals surface area contributed by atoms with Crippen LogP contribution in [-0.4, -0.2) is 20.1 Å². The summed E-state index contributed by atoms with van der Waals surface area (Å²) in [5, 5.41) is -0.110. The lowest BCUT2D eigenvalue weighted by Gasteiger charge is -2.21. The van der Waals surface area contributed by atoms with E-state index in [2.05, 4.69) is 0 Å². The maximum absolute atomic E-state index is 12.9. The summed E-state index contributed by atoms with van der Waals surface area (Å²) >= 11 is 11.6. The molecule has 2 rings (SSSR count). The molecule has 1 aliphatic rings. The summed E-state index contributed by atoms with van der Waals surface area (Å²) in [5.74, 6) is 0. The molecule has 0 bridgehead atoms. The zero-order valence-electron chi connectivity index (χ0n) is 10.5. The number of hydrogen-bond donors (Lipinski definition) is 2. The van der Waals surface area contributed by atoms with Crippen LogP contribution in [0.4, 0.5) is 13.2 Å². The smallest absolute Gasteiger partial charge is 0.326 e. The van der Waals surface area contributed by atoms with Crippen LogP contribution in [0.25, 0.3) is 0 Å². The summed E-state index contributed by atoms with van der Waals surface area (Å²) in [4.78, 5) is -0.468. The minimum Gasteiger partial charge on any atom is -0.326 e. The molecule has 1 fully saturated rings. The molecule has 4 nitrogen and oxygen atoms in total. The van der Waals surface area contributed by atoms with E-state index in [0.717, 1.165) is 12.1 Å². The number of nitrogens with two attached hydrogens (primary N) is 1. The Morgan fingerprint density at radius 3 is 2.24 bits per heavy atom. The predicted octanol–water partition coefficient (Wildman–Crippen LogP) is 2.83. The Morgan fingerprint density at radius 1 is 1.24 bits per heavy atom. The lowest BCUT2D eigenvalue weighted by molar-refractivity contribution is -0.160. The number of rotatable bonds is 4.